The maximum atomic E-state index is 8.99. The van der Waals surface area contributed by atoms with E-state index in [2.05, 4.69) is 6.07 Å². The van der Waals surface area contributed by atoms with E-state index in [1.165, 1.54) is 0 Å². The molecule has 0 fully saturated rings. The van der Waals surface area contributed by atoms with Gasteiger partial charge >= 0.3 is 0 Å². The monoisotopic (exact) mass is 189 g/mol. The lowest BCUT2D eigenvalue weighted by Gasteiger charge is -2.19. The summed E-state index contributed by atoms with van der Waals surface area (Å²) in [6, 6.07) is 12.3. The Morgan fingerprint density at radius 2 is 1.71 bits per heavy atom. The molecule has 1 aromatic carbocycles. The number of hydrogen-bond donors (Lipinski definition) is 0. The fourth-order valence-corrected chi connectivity index (χ4v) is 1.15. The van der Waals surface area contributed by atoms with Crippen molar-refractivity contribution in [3.63, 3.8) is 0 Å². The SMILES string of the molecule is CC.CCC(C)(C#N)c1ccccc1. The van der Waals surface area contributed by atoms with Crippen molar-refractivity contribution in [2.24, 2.45) is 0 Å². The molecule has 76 valence electrons. The largest absolute Gasteiger partial charge is 0.197 e. The van der Waals surface area contributed by atoms with Crippen LogP contribution in [0.1, 0.15) is 39.7 Å². The van der Waals surface area contributed by atoms with Gasteiger partial charge in [0, 0.05) is 0 Å². The van der Waals surface area contributed by atoms with Crippen molar-refractivity contribution in [1.82, 2.24) is 0 Å². The van der Waals surface area contributed by atoms with Crippen LogP contribution < -0.4 is 0 Å². The lowest BCUT2D eigenvalue weighted by molar-refractivity contribution is 0.587. The van der Waals surface area contributed by atoms with Crippen molar-refractivity contribution in [2.45, 2.75) is 39.5 Å². The Balaban J connectivity index is 0.000000791. The second-order valence-corrected chi connectivity index (χ2v) is 3.16. The summed E-state index contributed by atoms with van der Waals surface area (Å²) in [5, 5.41) is 8.99. The van der Waals surface area contributed by atoms with Gasteiger partial charge < -0.3 is 0 Å². The van der Waals surface area contributed by atoms with Crippen molar-refractivity contribution in [1.29, 1.82) is 5.26 Å². The normalized spacial score (nSPS) is 13.1. The Labute approximate surface area is 87.4 Å². The molecule has 0 N–H and O–H groups in total. The molecule has 0 spiro atoms. The third-order valence-electron chi connectivity index (χ3n) is 2.36. The highest BCUT2D eigenvalue weighted by Crippen LogP contribution is 2.25. The molecule has 1 heteroatoms. The first kappa shape index (κ1) is 12.7. The third-order valence-corrected chi connectivity index (χ3v) is 2.36. The number of nitrogens with zero attached hydrogens (tertiary/aromatic N) is 1. The Kier molecular flexibility index (Phi) is 5.64. The average molecular weight is 189 g/mol. The van der Waals surface area contributed by atoms with Gasteiger partial charge in [-0.15, -0.1) is 0 Å². The Bertz CT molecular complexity index is 284. The summed E-state index contributed by atoms with van der Waals surface area (Å²) in [6.45, 7) is 8.01. The van der Waals surface area contributed by atoms with Crippen LogP contribution in [0.4, 0.5) is 0 Å². The predicted molar refractivity (Wildman–Crippen MR) is 61.0 cm³/mol. The molecule has 14 heavy (non-hydrogen) atoms. The number of nitriles is 1. The average Bonchev–Trinajstić information content (AvgIpc) is 2.32. The Hall–Kier alpha value is -1.29. The van der Waals surface area contributed by atoms with E-state index in [0.717, 1.165) is 12.0 Å². The zero-order valence-corrected chi connectivity index (χ0v) is 9.54. The van der Waals surface area contributed by atoms with Crippen molar-refractivity contribution >= 4 is 0 Å². The van der Waals surface area contributed by atoms with E-state index < -0.39 is 0 Å². The van der Waals surface area contributed by atoms with Gasteiger partial charge in [-0.1, -0.05) is 51.1 Å². The van der Waals surface area contributed by atoms with Gasteiger partial charge in [-0.2, -0.15) is 5.26 Å². The van der Waals surface area contributed by atoms with Crippen LogP contribution in [0.5, 0.6) is 0 Å². The highest BCUT2D eigenvalue weighted by Gasteiger charge is 2.22. The molecule has 0 saturated heterocycles. The van der Waals surface area contributed by atoms with Gasteiger partial charge in [0.1, 0.15) is 0 Å². The van der Waals surface area contributed by atoms with Crippen molar-refractivity contribution in [2.75, 3.05) is 0 Å². The van der Waals surface area contributed by atoms with E-state index in [-0.39, 0.29) is 5.41 Å². The van der Waals surface area contributed by atoms with E-state index in [1.54, 1.807) is 0 Å². The molecule has 0 heterocycles. The van der Waals surface area contributed by atoms with E-state index in [0.29, 0.717) is 0 Å². The van der Waals surface area contributed by atoms with Crippen molar-refractivity contribution in [3.05, 3.63) is 35.9 Å². The maximum absolute atomic E-state index is 8.99. The molecule has 1 nitrogen and oxygen atoms in total. The van der Waals surface area contributed by atoms with Crippen molar-refractivity contribution in [3.8, 4) is 6.07 Å². The number of hydrogen-bond acceptors (Lipinski definition) is 1. The fourth-order valence-electron chi connectivity index (χ4n) is 1.15. The van der Waals surface area contributed by atoms with Crippen LogP contribution in [0.2, 0.25) is 0 Å². The summed E-state index contributed by atoms with van der Waals surface area (Å²) in [7, 11) is 0. The van der Waals surface area contributed by atoms with Crippen LogP contribution in [-0.2, 0) is 5.41 Å². The van der Waals surface area contributed by atoms with Gasteiger partial charge in [0.15, 0.2) is 0 Å². The van der Waals surface area contributed by atoms with E-state index >= 15 is 0 Å². The molecule has 0 saturated carbocycles. The summed E-state index contributed by atoms with van der Waals surface area (Å²) in [4.78, 5) is 0. The molecule has 0 radical (unpaired) electrons. The predicted octanol–water partition coefficient (Wildman–Crippen LogP) is 3.90. The van der Waals surface area contributed by atoms with Crippen LogP contribution >= 0.6 is 0 Å². The van der Waals surface area contributed by atoms with E-state index in [4.69, 9.17) is 5.26 Å². The smallest absolute Gasteiger partial charge is 0.0791 e. The number of rotatable bonds is 2. The second kappa shape index (κ2) is 6.21. The lowest BCUT2D eigenvalue weighted by atomic mass is 9.82. The summed E-state index contributed by atoms with van der Waals surface area (Å²) in [6.07, 6.45) is 0.855. The maximum Gasteiger partial charge on any atom is 0.0791 e. The van der Waals surface area contributed by atoms with Gasteiger partial charge in [0.05, 0.1) is 11.5 Å². The molecule has 0 bridgehead atoms. The summed E-state index contributed by atoms with van der Waals surface area (Å²) < 4.78 is 0. The van der Waals surface area contributed by atoms with Crippen LogP contribution in [0.3, 0.4) is 0 Å². The molecule has 1 rings (SSSR count). The minimum absolute atomic E-state index is 0.318. The van der Waals surface area contributed by atoms with Crippen LogP contribution in [0, 0.1) is 11.3 Å². The van der Waals surface area contributed by atoms with Crippen LogP contribution in [-0.4, -0.2) is 0 Å². The molecule has 0 amide bonds. The number of benzene rings is 1. The molecule has 0 aliphatic carbocycles. The van der Waals surface area contributed by atoms with Gasteiger partial charge in [-0.05, 0) is 18.9 Å². The molecule has 0 aliphatic rings. The fraction of sp³-hybridized carbons (Fsp3) is 0.462. The molecular weight excluding hydrogens is 170 g/mol. The second-order valence-electron chi connectivity index (χ2n) is 3.16. The van der Waals surface area contributed by atoms with Crippen molar-refractivity contribution < 1.29 is 0 Å². The summed E-state index contributed by atoms with van der Waals surface area (Å²) in [5.74, 6) is 0. The van der Waals surface area contributed by atoms with Crippen LogP contribution in [0.25, 0.3) is 0 Å². The first-order valence-electron chi connectivity index (χ1n) is 5.19. The molecule has 1 unspecified atom stereocenters. The van der Waals surface area contributed by atoms with Gasteiger partial charge in [0.2, 0.25) is 0 Å². The van der Waals surface area contributed by atoms with E-state index in [9.17, 15) is 0 Å². The first-order chi connectivity index (χ1) is 6.73. The van der Waals surface area contributed by atoms with Crippen LogP contribution in [0.15, 0.2) is 30.3 Å². The minimum atomic E-state index is -0.318. The third kappa shape index (κ3) is 2.88. The first-order valence-corrected chi connectivity index (χ1v) is 5.19. The Morgan fingerprint density at radius 3 is 2.07 bits per heavy atom. The molecule has 1 aromatic rings. The minimum Gasteiger partial charge on any atom is -0.197 e. The zero-order valence-electron chi connectivity index (χ0n) is 9.54. The van der Waals surface area contributed by atoms with E-state index in [1.807, 2.05) is 58.0 Å². The standard InChI is InChI=1S/C11H13N.C2H6/c1-3-11(2,9-12)10-7-5-4-6-8-10;1-2/h4-8H,3H2,1-2H3;1-2H3. The summed E-state index contributed by atoms with van der Waals surface area (Å²) >= 11 is 0. The quantitative estimate of drug-likeness (QED) is 0.692. The topological polar surface area (TPSA) is 23.8 Å². The summed E-state index contributed by atoms with van der Waals surface area (Å²) in [5.41, 5.74) is 0.788. The van der Waals surface area contributed by atoms with Gasteiger partial charge in [0.25, 0.3) is 0 Å². The molecule has 0 aliphatic heterocycles. The van der Waals surface area contributed by atoms with Gasteiger partial charge in [-0.25, -0.2) is 0 Å². The highest BCUT2D eigenvalue weighted by atomic mass is 14.3. The molecular formula is C13H19N. The van der Waals surface area contributed by atoms with Gasteiger partial charge in [-0.3, -0.25) is 0 Å². The highest BCUT2D eigenvalue weighted by molar-refractivity contribution is 5.30. The molecule has 0 aromatic heterocycles. The zero-order chi connectivity index (χ0) is 11.0. The molecule has 1 atom stereocenters. The lowest BCUT2D eigenvalue weighted by Crippen LogP contribution is -2.17. The Morgan fingerprint density at radius 1 is 1.21 bits per heavy atom.